The molecule has 1 heterocycles. The van der Waals surface area contributed by atoms with Gasteiger partial charge in [0.25, 0.3) is 0 Å². The zero-order valence-corrected chi connectivity index (χ0v) is 16.1. The number of hydrogen-bond donors (Lipinski definition) is 1. The Bertz CT molecular complexity index is 1070. The summed E-state index contributed by atoms with van der Waals surface area (Å²) in [6.45, 7) is 3.96. The second kappa shape index (κ2) is 8.16. The summed E-state index contributed by atoms with van der Waals surface area (Å²) in [6, 6.07) is 8.44. The van der Waals surface area contributed by atoms with Gasteiger partial charge in [-0.25, -0.2) is 0 Å². The molecule has 3 rings (SSSR count). The molecular weight excluding hydrogens is 387 g/mol. The molecule has 8 heteroatoms. The highest BCUT2D eigenvalue weighted by Gasteiger charge is 2.31. The van der Waals surface area contributed by atoms with Gasteiger partial charge in [-0.05, 0) is 49.7 Å². The molecule has 3 aromatic rings. The number of aryl methyl sites for hydroxylation is 1. The molecule has 1 N–H and O–H groups in total. The van der Waals surface area contributed by atoms with Crippen LogP contribution in [0.5, 0.6) is 17.2 Å². The predicted octanol–water partition coefficient (Wildman–Crippen LogP) is 5.24. The molecule has 0 amide bonds. The maximum absolute atomic E-state index is 12.7. The quantitative estimate of drug-likeness (QED) is 0.607. The molecule has 0 saturated heterocycles. The van der Waals surface area contributed by atoms with E-state index >= 15 is 0 Å². The average molecular weight is 407 g/mol. The first kappa shape index (κ1) is 20.7. The van der Waals surface area contributed by atoms with Gasteiger partial charge >= 0.3 is 6.36 Å². The van der Waals surface area contributed by atoms with Crippen LogP contribution >= 0.6 is 0 Å². The molecule has 0 saturated carbocycles. The highest BCUT2D eigenvalue weighted by atomic mass is 19.4. The lowest BCUT2D eigenvalue weighted by Gasteiger charge is -2.14. The van der Waals surface area contributed by atoms with Gasteiger partial charge in [0.15, 0.2) is 5.43 Å². The zero-order valence-electron chi connectivity index (χ0n) is 16.1. The van der Waals surface area contributed by atoms with Crippen molar-refractivity contribution in [1.29, 1.82) is 0 Å². The van der Waals surface area contributed by atoms with Crippen LogP contribution in [0, 0.1) is 6.92 Å². The van der Waals surface area contributed by atoms with Crippen LogP contribution in [0.4, 0.5) is 13.2 Å². The fraction of sp³-hybridized carbons (Fsp3) is 0.286. The van der Waals surface area contributed by atoms with Crippen LogP contribution in [0.3, 0.4) is 0 Å². The molecule has 0 bridgehead atoms. The van der Waals surface area contributed by atoms with Crippen LogP contribution in [0.1, 0.15) is 23.7 Å². The molecule has 5 nitrogen and oxygen atoms in total. The molecule has 0 aliphatic rings. The largest absolute Gasteiger partial charge is 0.573 e. The number of hydrogen-bond acceptors (Lipinski definition) is 4. The number of aromatic amines is 1. The summed E-state index contributed by atoms with van der Waals surface area (Å²) in [5, 5.41) is 0.464. The number of halogens is 3. The Morgan fingerprint density at radius 2 is 1.72 bits per heavy atom. The molecule has 0 radical (unpaired) electrons. The van der Waals surface area contributed by atoms with E-state index in [1.54, 1.807) is 19.1 Å². The monoisotopic (exact) mass is 407 g/mol. The number of ether oxygens (including phenoxy) is 3. The fourth-order valence-corrected chi connectivity index (χ4v) is 3.06. The summed E-state index contributed by atoms with van der Waals surface area (Å²) in [4.78, 5) is 16.0. The van der Waals surface area contributed by atoms with Crippen molar-refractivity contribution in [3.05, 3.63) is 63.4 Å². The lowest BCUT2D eigenvalue weighted by atomic mass is 10.1. The van der Waals surface area contributed by atoms with Crippen molar-refractivity contribution in [2.45, 2.75) is 33.2 Å². The van der Waals surface area contributed by atoms with E-state index in [4.69, 9.17) is 9.47 Å². The first-order valence-corrected chi connectivity index (χ1v) is 8.92. The van der Waals surface area contributed by atoms with E-state index < -0.39 is 6.36 Å². The summed E-state index contributed by atoms with van der Waals surface area (Å²) >= 11 is 0. The van der Waals surface area contributed by atoms with E-state index in [2.05, 4.69) is 9.72 Å². The molecule has 1 aromatic heterocycles. The average Bonchev–Trinajstić information content (AvgIpc) is 2.66. The number of methoxy groups -OCH3 is 1. The maximum Gasteiger partial charge on any atom is 0.573 e. The minimum atomic E-state index is -4.76. The minimum Gasteiger partial charge on any atom is -0.457 e. The number of H-pyrrole nitrogens is 1. The fourth-order valence-electron chi connectivity index (χ4n) is 3.06. The first-order valence-electron chi connectivity index (χ1n) is 8.92. The van der Waals surface area contributed by atoms with Crippen LogP contribution in [0.15, 0.2) is 41.2 Å². The van der Waals surface area contributed by atoms with E-state index in [-0.39, 0.29) is 17.8 Å². The van der Waals surface area contributed by atoms with Crippen LogP contribution < -0.4 is 14.9 Å². The Labute approximate surface area is 165 Å². The van der Waals surface area contributed by atoms with Gasteiger partial charge in [0.05, 0.1) is 12.1 Å². The second-order valence-electron chi connectivity index (χ2n) is 6.47. The van der Waals surface area contributed by atoms with Crippen molar-refractivity contribution >= 4 is 10.9 Å². The van der Waals surface area contributed by atoms with Crippen molar-refractivity contribution in [1.82, 2.24) is 4.98 Å². The number of rotatable bonds is 6. The van der Waals surface area contributed by atoms with E-state index in [9.17, 15) is 18.0 Å². The zero-order chi connectivity index (χ0) is 21.2. The van der Waals surface area contributed by atoms with E-state index in [0.717, 1.165) is 17.8 Å². The molecule has 0 aliphatic heterocycles. The minimum absolute atomic E-state index is 0.0988. The predicted molar refractivity (Wildman–Crippen MR) is 103 cm³/mol. The second-order valence-corrected chi connectivity index (χ2v) is 6.47. The third-order valence-electron chi connectivity index (χ3n) is 4.46. The van der Waals surface area contributed by atoms with Crippen molar-refractivity contribution in [3.63, 3.8) is 0 Å². The van der Waals surface area contributed by atoms with Gasteiger partial charge in [-0.15, -0.1) is 13.2 Å². The van der Waals surface area contributed by atoms with E-state index in [1.807, 2.05) is 6.92 Å². The molecule has 29 heavy (non-hydrogen) atoms. The number of benzene rings is 2. The highest BCUT2D eigenvalue weighted by molar-refractivity contribution is 5.82. The topological polar surface area (TPSA) is 60.6 Å². The molecule has 2 aromatic carbocycles. The summed E-state index contributed by atoms with van der Waals surface area (Å²) < 4.78 is 51.8. The van der Waals surface area contributed by atoms with Crippen LogP contribution in [0.25, 0.3) is 10.9 Å². The third-order valence-corrected chi connectivity index (χ3v) is 4.46. The van der Waals surface area contributed by atoms with Gasteiger partial charge < -0.3 is 19.2 Å². The Balaban J connectivity index is 2.00. The van der Waals surface area contributed by atoms with Gasteiger partial charge in [0.2, 0.25) is 0 Å². The number of aromatic nitrogens is 1. The van der Waals surface area contributed by atoms with Crippen LogP contribution in [0.2, 0.25) is 0 Å². The summed E-state index contributed by atoms with van der Waals surface area (Å²) in [5.74, 6) is 0.340. The summed E-state index contributed by atoms with van der Waals surface area (Å²) in [6.07, 6.45) is -4.07. The molecule has 0 aliphatic carbocycles. The van der Waals surface area contributed by atoms with Crippen molar-refractivity contribution in [3.8, 4) is 17.2 Å². The lowest BCUT2D eigenvalue weighted by molar-refractivity contribution is -0.274. The molecule has 0 atom stereocenters. The normalized spacial score (nSPS) is 11.7. The first-order chi connectivity index (χ1) is 13.7. The summed E-state index contributed by atoms with van der Waals surface area (Å²) in [5.41, 5.74) is 2.76. The summed E-state index contributed by atoms with van der Waals surface area (Å²) in [7, 11) is 1.53. The Hall–Kier alpha value is -3.00. The van der Waals surface area contributed by atoms with E-state index in [1.165, 1.54) is 19.2 Å². The van der Waals surface area contributed by atoms with Gasteiger partial charge in [-0.1, -0.05) is 6.92 Å². The molecule has 0 fully saturated rings. The Morgan fingerprint density at radius 3 is 2.31 bits per heavy atom. The van der Waals surface area contributed by atoms with Gasteiger partial charge in [0, 0.05) is 29.3 Å². The third kappa shape index (κ3) is 4.71. The number of nitrogens with one attached hydrogen (secondary N) is 1. The number of alkyl halides is 3. The smallest absolute Gasteiger partial charge is 0.457 e. The van der Waals surface area contributed by atoms with E-state index in [0.29, 0.717) is 39.9 Å². The molecular formula is C21H20F3NO4. The van der Waals surface area contributed by atoms with Crippen LogP contribution in [-0.2, 0) is 17.8 Å². The van der Waals surface area contributed by atoms with Gasteiger partial charge in [-0.2, -0.15) is 0 Å². The van der Waals surface area contributed by atoms with Gasteiger partial charge in [0.1, 0.15) is 17.2 Å². The molecule has 0 unspecified atom stereocenters. The maximum atomic E-state index is 12.7. The molecule has 154 valence electrons. The number of pyridine rings is 1. The van der Waals surface area contributed by atoms with Crippen molar-refractivity contribution in [2.75, 3.05) is 7.11 Å². The Kier molecular flexibility index (Phi) is 5.83. The van der Waals surface area contributed by atoms with Crippen molar-refractivity contribution in [2.24, 2.45) is 0 Å². The Morgan fingerprint density at radius 1 is 1.07 bits per heavy atom. The molecule has 0 spiro atoms. The standard InChI is InChI=1S/C21H20F3NO4/c1-4-17-12(2)20(26)16-10-19(13(11-27-3)9-18(16)25-17)28-14-5-7-15(8-6-14)29-21(22,23)24/h5-10H,4,11H2,1-3H3,(H,25,26). The SMILES string of the molecule is CCc1[nH]c2cc(COC)c(Oc3ccc(OC(F)(F)F)cc3)cc2c(=O)c1C. The van der Waals surface area contributed by atoms with Crippen LogP contribution in [-0.4, -0.2) is 18.5 Å². The highest BCUT2D eigenvalue weighted by Crippen LogP contribution is 2.31. The lowest BCUT2D eigenvalue weighted by Crippen LogP contribution is -2.16. The van der Waals surface area contributed by atoms with Crippen molar-refractivity contribution < 1.29 is 27.4 Å². The van der Waals surface area contributed by atoms with Gasteiger partial charge in [-0.3, -0.25) is 4.79 Å². The number of fused-ring (bicyclic) bond motifs is 1.